The highest BCUT2D eigenvalue weighted by atomic mass is 16.6. The molecule has 10 nitrogen and oxygen atoms in total. The lowest BCUT2D eigenvalue weighted by Crippen LogP contribution is -2.55. The van der Waals surface area contributed by atoms with Crippen LogP contribution in [0, 0.1) is 23.2 Å². The number of fused-ring (bicyclic) bond motifs is 1. The lowest BCUT2D eigenvalue weighted by atomic mass is 9.75. The van der Waals surface area contributed by atoms with Crippen molar-refractivity contribution in [3.63, 3.8) is 0 Å². The molecule has 1 heterocycles. The van der Waals surface area contributed by atoms with Crippen molar-refractivity contribution in [3.8, 4) is 0 Å². The summed E-state index contributed by atoms with van der Waals surface area (Å²) in [4.78, 5) is 70.0. The molecular formula is C37H43NO9. The molecular weight excluding hydrogens is 602 g/mol. The van der Waals surface area contributed by atoms with E-state index in [2.05, 4.69) is 4.98 Å². The molecule has 0 aliphatic heterocycles. The van der Waals surface area contributed by atoms with Gasteiger partial charge in [-0.15, -0.1) is 0 Å². The van der Waals surface area contributed by atoms with Crippen LogP contribution in [-0.4, -0.2) is 58.6 Å². The SMILES string of the molecule is CC(=O)O[C@H]1[C@H](C)/C=C/C(C)(C)C(=O)C[C@@H](OC(=O)c2cccnc2)/C(C)=C\[C@H]2[C@@H](OC(=O)c3ccccc3)[C@H](C)C[C@@]21OC(C)=O. The van der Waals surface area contributed by atoms with E-state index in [0.717, 1.165) is 0 Å². The molecule has 10 heteroatoms. The maximum absolute atomic E-state index is 13.7. The quantitative estimate of drug-likeness (QED) is 0.214. The first-order chi connectivity index (χ1) is 22.1. The lowest BCUT2D eigenvalue weighted by Gasteiger charge is -2.43. The number of esters is 4. The van der Waals surface area contributed by atoms with Gasteiger partial charge in [-0.05, 0) is 62.9 Å². The molecule has 250 valence electrons. The Morgan fingerprint density at radius 2 is 1.53 bits per heavy atom. The van der Waals surface area contributed by atoms with Gasteiger partial charge >= 0.3 is 23.9 Å². The zero-order valence-electron chi connectivity index (χ0n) is 27.9. The van der Waals surface area contributed by atoms with Crippen molar-refractivity contribution in [2.75, 3.05) is 0 Å². The monoisotopic (exact) mass is 645 g/mol. The van der Waals surface area contributed by atoms with Crippen LogP contribution < -0.4 is 0 Å². The minimum Gasteiger partial charge on any atom is -0.458 e. The highest BCUT2D eigenvalue weighted by Gasteiger charge is 2.62. The molecule has 2 aromatic rings. The highest BCUT2D eigenvalue weighted by Crippen LogP contribution is 2.51. The fourth-order valence-electron chi connectivity index (χ4n) is 6.54. The number of carbonyl (C=O) groups excluding carboxylic acids is 5. The van der Waals surface area contributed by atoms with Crippen LogP contribution in [0.2, 0.25) is 0 Å². The van der Waals surface area contributed by atoms with Gasteiger partial charge < -0.3 is 18.9 Å². The van der Waals surface area contributed by atoms with Crippen molar-refractivity contribution in [2.24, 2.45) is 23.2 Å². The Morgan fingerprint density at radius 3 is 2.15 bits per heavy atom. The number of hydrogen-bond acceptors (Lipinski definition) is 10. The van der Waals surface area contributed by atoms with Gasteiger partial charge in [-0.3, -0.25) is 19.4 Å². The third kappa shape index (κ3) is 8.04. The predicted octanol–water partition coefficient (Wildman–Crippen LogP) is 5.86. The number of nitrogens with zero attached hydrogens (tertiary/aromatic N) is 1. The van der Waals surface area contributed by atoms with Gasteiger partial charge in [0.1, 0.15) is 24.1 Å². The second-order valence-corrected chi connectivity index (χ2v) is 13.1. The van der Waals surface area contributed by atoms with Crippen LogP contribution in [0.25, 0.3) is 0 Å². The zero-order valence-corrected chi connectivity index (χ0v) is 27.9. The number of hydrogen-bond donors (Lipinski definition) is 0. The first-order valence-electron chi connectivity index (χ1n) is 15.8. The van der Waals surface area contributed by atoms with Crippen LogP contribution in [0.15, 0.2) is 78.7 Å². The molecule has 0 unspecified atom stereocenters. The van der Waals surface area contributed by atoms with Crippen molar-refractivity contribution in [3.05, 3.63) is 89.8 Å². The highest BCUT2D eigenvalue weighted by molar-refractivity contribution is 5.91. The van der Waals surface area contributed by atoms with E-state index in [0.29, 0.717) is 11.1 Å². The molecule has 1 saturated carbocycles. The van der Waals surface area contributed by atoms with E-state index >= 15 is 0 Å². The van der Waals surface area contributed by atoms with Gasteiger partial charge in [0.25, 0.3) is 0 Å². The zero-order chi connectivity index (χ0) is 34.5. The Hall–Kier alpha value is -4.60. The Kier molecular flexibility index (Phi) is 10.8. The summed E-state index contributed by atoms with van der Waals surface area (Å²) < 4.78 is 24.3. The van der Waals surface area contributed by atoms with Crippen LogP contribution in [0.4, 0.5) is 0 Å². The molecule has 1 aromatic heterocycles. The van der Waals surface area contributed by atoms with E-state index in [-0.39, 0.29) is 30.1 Å². The number of Topliss-reactive ketones (excluding diaryl/α,β-unsaturated/α-hetero) is 1. The number of rotatable bonds is 6. The van der Waals surface area contributed by atoms with Crippen LogP contribution in [-0.2, 0) is 33.3 Å². The Morgan fingerprint density at radius 1 is 0.872 bits per heavy atom. The summed E-state index contributed by atoms with van der Waals surface area (Å²) >= 11 is 0. The van der Waals surface area contributed by atoms with E-state index in [9.17, 15) is 24.0 Å². The van der Waals surface area contributed by atoms with Gasteiger partial charge in [0, 0.05) is 44.0 Å². The molecule has 2 aliphatic rings. The van der Waals surface area contributed by atoms with E-state index in [1.54, 1.807) is 81.5 Å². The molecule has 0 spiro atoms. The minimum atomic E-state index is -1.49. The fraction of sp³-hybridized carbons (Fsp3) is 0.459. The summed E-state index contributed by atoms with van der Waals surface area (Å²) in [5, 5.41) is 0. The molecule has 0 saturated heterocycles. The van der Waals surface area contributed by atoms with Crippen molar-refractivity contribution in [2.45, 2.75) is 85.2 Å². The van der Waals surface area contributed by atoms with Crippen molar-refractivity contribution < 1.29 is 42.9 Å². The second-order valence-electron chi connectivity index (χ2n) is 13.1. The van der Waals surface area contributed by atoms with Gasteiger partial charge in [-0.2, -0.15) is 0 Å². The van der Waals surface area contributed by atoms with E-state index in [1.807, 2.05) is 13.8 Å². The maximum Gasteiger partial charge on any atom is 0.340 e. The third-order valence-corrected chi connectivity index (χ3v) is 8.96. The molecule has 7 atom stereocenters. The maximum atomic E-state index is 13.7. The van der Waals surface area contributed by atoms with Crippen LogP contribution in [0.3, 0.4) is 0 Å². The second kappa shape index (κ2) is 14.4. The van der Waals surface area contributed by atoms with Gasteiger partial charge in [-0.1, -0.05) is 50.3 Å². The van der Waals surface area contributed by atoms with Crippen LogP contribution in [0.1, 0.15) is 82.0 Å². The summed E-state index contributed by atoms with van der Waals surface area (Å²) in [5.74, 6) is -4.42. The Balaban J connectivity index is 1.92. The number of allylic oxidation sites excluding steroid dienone is 1. The summed E-state index contributed by atoms with van der Waals surface area (Å²) in [6.45, 7) is 11.5. The normalized spacial score (nSPS) is 30.6. The lowest BCUT2D eigenvalue weighted by molar-refractivity contribution is -0.195. The average Bonchev–Trinajstić information content (AvgIpc) is 3.27. The number of pyridine rings is 1. The standard InChI is InChI=1S/C37H43NO9/c1-22-15-16-36(6,7)31(41)19-30(45-35(43)28-14-11-17-38-21-28)23(2)18-29-32(46-34(42)27-12-9-8-10-13-27)24(3)20-37(29,47-26(5)40)33(22)44-25(4)39/h8-18,21-22,24,29-30,32-33H,19-20H2,1-7H3/b16-15+,23-18-/t22-,24-,29+,30-,32+,33+,37-/m1/s1. The third-order valence-electron chi connectivity index (χ3n) is 8.96. The van der Waals surface area contributed by atoms with Crippen LogP contribution >= 0.6 is 0 Å². The molecule has 4 rings (SSSR count). The number of ketones is 1. The average molecular weight is 646 g/mol. The summed E-state index contributed by atoms with van der Waals surface area (Å²) in [5.41, 5.74) is -1.46. The smallest absolute Gasteiger partial charge is 0.340 e. The topological polar surface area (TPSA) is 135 Å². The predicted molar refractivity (Wildman–Crippen MR) is 172 cm³/mol. The summed E-state index contributed by atoms with van der Waals surface area (Å²) in [6.07, 6.45) is 5.29. The molecule has 0 bridgehead atoms. The number of aromatic nitrogens is 1. The largest absolute Gasteiger partial charge is 0.458 e. The fourth-order valence-corrected chi connectivity index (χ4v) is 6.54. The van der Waals surface area contributed by atoms with Gasteiger partial charge in [0.05, 0.1) is 17.0 Å². The molecule has 0 amide bonds. The van der Waals surface area contributed by atoms with E-state index in [4.69, 9.17) is 18.9 Å². The van der Waals surface area contributed by atoms with Crippen molar-refractivity contribution in [1.82, 2.24) is 4.98 Å². The Labute approximate surface area is 275 Å². The van der Waals surface area contributed by atoms with Gasteiger partial charge in [0.15, 0.2) is 5.60 Å². The van der Waals surface area contributed by atoms with E-state index in [1.165, 1.54) is 26.2 Å². The number of benzene rings is 1. The molecule has 1 fully saturated rings. The van der Waals surface area contributed by atoms with Gasteiger partial charge in [0.2, 0.25) is 0 Å². The molecule has 0 radical (unpaired) electrons. The molecule has 47 heavy (non-hydrogen) atoms. The number of carbonyl (C=O) groups is 5. The Bertz CT molecular complexity index is 1550. The minimum absolute atomic E-state index is 0.148. The van der Waals surface area contributed by atoms with Gasteiger partial charge in [-0.25, -0.2) is 9.59 Å². The summed E-state index contributed by atoms with van der Waals surface area (Å²) in [6, 6.07) is 11.7. The first kappa shape index (κ1) is 35.3. The molecule has 2 aliphatic carbocycles. The molecule has 0 N–H and O–H groups in total. The first-order valence-corrected chi connectivity index (χ1v) is 15.8. The van der Waals surface area contributed by atoms with Crippen molar-refractivity contribution >= 4 is 29.7 Å². The molecule has 1 aromatic carbocycles. The van der Waals surface area contributed by atoms with E-state index < -0.39 is 65.0 Å². The number of ether oxygens (including phenoxy) is 4. The van der Waals surface area contributed by atoms with Crippen LogP contribution in [0.5, 0.6) is 0 Å². The summed E-state index contributed by atoms with van der Waals surface area (Å²) in [7, 11) is 0. The van der Waals surface area contributed by atoms with Crippen molar-refractivity contribution in [1.29, 1.82) is 0 Å².